The first-order valence-corrected chi connectivity index (χ1v) is 7.16. The molecular formula is C15H18INO. The van der Waals surface area contributed by atoms with Crippen LogP contribution in [0.15, 0.2) is 46.9 Å². The lowest BCUT2D eigenvalue weighted by Gasteiger charge is -2.25. The molecule has 2 nitrogen and oxygen atoms in total. The standard InChI is InChI=1S/C15H18INO/c1-15(2,12-6-4-3-5-7-12)11-17-10-13-8-9-14(16)18-13/h3-9,17H,10-11H2,1-2H3. The molecule has 0 unspecified atom stereocenters. The number of furan rings is 1. The van der Waals surface area contributed by atoms with E-state index in [1.54, 1.807) is 0 Å². The van der Waals surface area contributed by atoms with Crippen molar-refractivity contribution in [3.8, 4) is 0 Å². The minimum Gasteiger partial charge on any atom is -0.454 e. The predicted octanol–water partition coefficient (Wildman–Crippen LogP) is 3.95. The van der Waals surface area contributed by atoms with E-state index in [0.717, 1.165) is 22.6 Å². The number of hydrogen-bond donors (Lipinski definition) is 1. The van der Waals surface area contributed by atoms with E-state index in [4.69, 9.17) is 4.42 Å². The van der Waals surface area contributed by atoms with Crippen LogP contribution in [0.1, 0.15) is 25.2 Å². The Hall–Kier alpha value is -0.810. The lowest BCUT2D eigenvalue weighted by atomic mass is 9.84. The fourth-order valence-corrected chi connectivity index (χ4v) is 2.40. The third kappa shape index (κ3) is 3.59. The lowest BCUT2D eigenvalue weighted by molar-refractivity contribution is 0.424. The van der Waals surface area contributed by atoms with Crippen molar-refractivity contribution in [2.45, 2.75) is 25.8 Å². The molecule has 0 aliphatic rings. The van der Waals surface area contributed by atoms with Crippen molar-refractivity contribution in [1.29, 1.82) is 0 Å². The maximum Gasteiger partial charge on any atom is 0.164 e. The second-order valence-corrected chi connectivity index (χ2v) is 6.12. The van der Waals surface area contributed by atoms with E-state index in [0.29, 0.717) is 0 Å². The van der Waals surface area contributed by atoms with Crippen molar-refractivity contribution < 1.29 is 4.42 Å². The van der Waals surface area contributed by atoms with E-state index >= 15 is 0 Å². The van der Waals surface area contributed by atoms with Crippen molar-refractivity contribution in [2.24, 2.45) is 0 Å². The quantitative estimate of drug-likeness (QED) is 0.822. The molecule has 0 saturated carbocycles. The molecule has 1 N–H and O–H groups in total. The summed E-state index contributed by atoms with van der Waals surface area (Å²) in [7, 11) is 0. The molecule has 1 aromatic heterocycles. The minimum atomic E-state index is 0.126. The van der Waals surface area contributed by atoms with Crippen LogP contribution in [-0.2, 0) is 12.0 Å². The topological polar surface area (TPSA) is 25.2 Å². The Balaban J connectivity index is 1.89. The molecule has 0 saturated heterocycles. The molecule has 0 aliphatic heterocycles. The average Bonchev–Trinajstić information content (AvgIpc) is 2.76. The maximum absolute atomic E-state index is 5.53. The molecule has 2 aromatic rings. The van der Waals surface area contributed by atoms with Crippen molar-refractivity contribution in [2.75, 3.05) is 6.54 Å². The van der Waals surface area contributed by atoms with Gasteiger partial charge in [-0.05, 0) is 40.3 Å². The molecule has 2 rings (SSSR count). The van der Waals surface area contributed by atoms with Crippen LogP contribution in [0.5, 0.6) is 0 Å². The van der Waals surface area contributed by atoms with Gasteiger partial charge in [0.15, 0.2) is 3.77 Å². The molecule has 0 spiro atoms. The first-order chi connectivity index (χ1) is 8.58. The van der Waals surface area contributed by atoms with Crippen LogP contribution < -0.4 is 5.32 Å². The van der Waals surface area contributed by atoms with Gasteiger partial charge in [-0.15, -0.1) is 0 Å². The Morgan fingerprint density at radius 3 is 2.44 bits per heavy atom. The molecule has 0 radical (unpaired) electrons. The zero-order valence-electron chi connectivity index (χ0n) is 10.7. The number of benzene rings is 1. The normalized spacial score (nSPS) is 11.7. The Morgan fingerprint density at radius 2 is 1.83 bits per heavy atom. The van der Waals surface area contributed by atoms with Crippen LogP contribution in [0.2, 0.25) is 0 Å². The Bertz CT molecular complexity index is 490. The molecule has 18 heavy (non-hydrogen) atoms. The summed E-state index contributed by atoms with van der Waals surface area (Å²) in [5, 5.41) is 3.46. The molecule has 0 fully saturated rings. The Morgan fingerprint density at radius 1 is 1.11 bits per heavy atom. The summed E-state index contributed by atoms with van der Waals surface area (Å²) in [6.07, 6.45) is 0. The van der Waals surface area contributed by atoms with Crippen LogP contribution in [0, 0.1) is 3.77 Å². The first-order valence-electron chi connectivity index (χ1n) is 6.08. The molecule has 0 aliphatic carbocycles. The van der Waals surface area contributed by atoms with E-state index < -0.39 is 0 Å². The van der Waals surface area contributed by atoms with E-state index in [1.807, 2.05) is 12.1 Å². The van der Waals surface area contributed by atoms with Gasteiger partial charge < -0.3 is 9.73 Å². The number of halogens is 1. The van der Waals surface area contributed by atoms with E-state index in [1.165, 1.54) is 5.56 Å². The highest BCUT2D eigenvalue weighted by Gasteiger charge is 2.19. The second kappa shape index (κ2) is 5.89. The van der Waals surface area contributed by atoms with E-state index in [9.17, 15) is 0 Å². The van der Waals surface area contributed by atoms with Gasteiger partial charge in [-0.1, -0.05) is 44.2 Å². The number of nitrogens with one attached hydrogen (secondary N) is 1. The van der Waals surface area contributed by atoms with Gasteiger partial charge in [0.1, 0.15) is 5.76 Å². The summed E-state index contributed by atoms with van der Waals surface area (Å²) in [5.74, 6) is 0.989. The van der Waals surface area contributed by atoms with Crippen molar-refractivity contribution in [3.05, 3.63) is 57.6 Å². The monoisotopic (exact) mass is 355 g/mol. The molecule has 1 aromatic carbocycles. The first kappa shape index (κ1) is 13.6. The zero-order valence-corrected chi connectivity index (χ0v) is 12.9. The molecule has 1 heterocycles. The van der Waals surface area contributed by atoms with Crippen LogP contribution in [0.3, 0.4) is 0 Å². The SMILES string of the molecule is CC(C)(CNCc1ccc(I)o1)c1ccccc1. The average molecular weight is 355 g/mol. The molecule has 0 atom stereocenters. The predicted molar refractivity (Wildman–Crippen MR) is 82.6 cm³/mol. The smallest absolute Gasteiger partial charge is 0.164 e. The minimum absolute atomic E-state index is 0.126. The van der Waals surface area contributed by atoms with Crippen LogP contribution in [0.4, 0.5) is 0 Å². The largest absolute Gasteiger partial charge is 0.454 e. The number of rotatable bonds is 5. The van der Waals surface area contributed by atoms with E-state index in [2.05, 4.69) is 72.1 Å². The second-order valence-electron chi connectivity index (χ2n) is 5.06. The maximum atomic E-state index is 5.53. The summed E-state index contributed by atoms with van der Waals surface area (Å²) in [4.78, 5) is 0. The van der Waals surface area contributed by atoms with Gasteiger partial charge in [0, 0.05) is 12.0 Å². The third-order valence-electron chi connectivity index (χ3n) is 3.05. The highest BCUT2D eigenvalue weighted by molar-refractivity contribution is 14.1. The summed E-state index contributed by atoms with van der Waals surface area (Å²) in [6.45, 7) is 6.20. The van der Waals surface area contributed by atoms with Crippen molar-refractivity contribution in [1.82, 2.24) is 5.32 Å². The molecule has 96 valence electrons. The Labute approximate surface area is 122 Å². The van der Waals surface area contributed by atoms with Crippen molar-refractivity contribution >= 4 is 22.6 Å². The zero-order chi connectivity index (χ0) is 13.0. The molecule has 0 bridgehead atoms. The van der Waals surface area contributed by atoms with Crippen LogP contribution >= 0.6 is 22.6 Å². The summed E-state index contributed by atoms with van der Waals surface area (Å²) in [5.41, 5.74) is 1.48. The van der Waals surface area contributed by atoms with Gasteiger partial charge in [-0.3, -0.25) is 0 Å². The fraction of sp³-hybridized carbons (Fsp3) is 0.333. The van der Waals surface area contributed by atoms with E-state index in [-0.39, 0.29) is 5.41 Å². The summed E-state index contributed by atoms with van der Waals surface area (Å²) >= 11 is 2.18. The van der Waals surface area contributed by atoms with Gasteiger partial charge in [0.2, 0.25) is 0 Å². The van der Waals surface area contributed by atoms with Crippen LogP contribution in [0.25, 0.3) is 0 Å². The van der Waals surface area contributed by atoms with Gasteiger partial charge in [-0.2, -0.15) is 0 Å². The summed E-state index contributed by atoms with van der Waals surface area (Å²) < 4.78 is 6.46. The van der Waals surface area contributed by atoms with Crippen LogP contribution in [-0.4, -0.2) is 6.54 Å². The lowest BCUT2D eigenvalue weighted by Crippen LogP contribution is -2.32. The molecule has 0 amide bonds. The van der Waals surface area contributed by atoms with Crippen molar-refractivity contribution in [3.63, 3.8) is 0 Å². The van der Waals surface area contributed by atoms with Gasteiger partial charge >= 0.3 is 0 Å². The molecule has 3 heteroatoms. The fourth-order valence-electron chi connectivity index (χ4n) is 1.94. The van der Waals surface area contributed by atoms with Gasteiger partial charge in [0.05, 0.1) is 6.54 Å². The van der Waals surface area contributed by atoms with Gasteiger partial charge in [-0.25, -0.2) is 0 Å². The molecular weight excluding hydrogens is 337 g/mol. The highest BCUT2D eigenvalue weighted by atomic mass is 127. The summed E-state index contributed by atoms with van der Waals surface area (Å²) in [6, 6.07) is 14.6. The van der Waals surface area contributed by atoms with Gasteiger partial charge in [0.25, 0.3) is 0 Å². The third-order valence-corrected chi connectivity index (χ3v) is 3.63. The number of hydrogen-bond acceptors (Lipinski definition) is 2. The Kier molecular flexibility index (Phi) is 4.45. The highest BCUT2D eigenvalue weighted by Crippen LogP contribution is 2.21.